The molecule has 0 radical (unpaired) electrons. The Morgan fingerprint density at radius 3 is 2.45 bits per heavy atom. The van der Waals surface area contributed by atoms with E-state index < -0.39 is 29.3 Å². The van der Waals surface area contributed by atoms with Gasteiger partial charge in [0.25, 0.3) is 5.91 Å². The molecule has 3 rings (SSSR count). The smallest absolute Gasteiger partial charge is 0.419 e. The fourth-order valence-electron chi connectivity index (χ4n) is 3.10. The molecule has 0 bridgehead atoms. The first-order valence-corrected chi connectivity index (χ1v) is 9.06. The molecule has 152 valence electrons. The molecule has 2 N–H and O–H groups in total. The van der Waals surface area contributed by atoms with E-state index in [1.165, 1.54) is 32.2 Å². The van der Waals surface area contributed by atoms with E-state index in [0.717, 1.165) is 4.90 Å². The Morgan fingerprint density at radius 1 is 1.24 bits per heavy atom. The standard InChI is InChI=1S/C19H15BrF3N3O3/c1-10-5-3-8-13(14(10)29-16(28)19(21,22)23)18(11-6-4-7-12(20)9-11)15(27)26(2)17(24)25-18/h3-9H,1-2H3,(H2,24,25). The van der Waals surface area contributed by atoms with Crippen molar-refractivity contribution in [2.24, 2.45) is 10.7 Å². The number of rotatable bonds is 3. The van der Waals surface area contributed by atoms with Gasteiger partial charge in [0.1, 0.15) is 5.75 Å². The third-order valence-electron chi connectivity index (χ3n) is 4.51. The van der Waals surface area contributed by atoms with Crippen LogP contribution in [-0.4, -0.2) is 36.0 Å². The number of halogens is 4. The molecular weight excluding hydrogens is 455 g/mol. The van der Waals surface area contributed by atoms with Crippen molar-refractivity contribution in [3.05, 3.63) is 63.6 Å². The molecule has 0 saturated carbocycles. The summed E-state index contributed by atoms with van der Waals surface area (Å²) in [7, 11) is 1.40. The third-order valence-corrected chi connectivity index (χ3v) is 5.00. The number of nitrogens with zero attached hydrogens (tertiary/aromatic N) is 2. The van der Waals surface area contributed by atoms with Gasteiger partial charge in [-0.15, -0.1) is 0 Å². The monoisotopic (exact) mass is 469 g/mol. The maximum atomic E-state index is 13.2. The lowest BCUT2D eigenvalue weighted by atomic mass is 9.81. The van der Waals surface area contributed by atoms with Crippen LogP contribution in [0.15, 0.2) is 51.9 Å². The molecule has 0 aliphatic carbocycles. The number of para-hydroxylation sites is 1. The zero-order chi connectivity index (χ0) is 21.6. The van der Waals surface area contributed by atoms with E-state index in [1.807, 2.05) is 0 Å². The number of likely N-dealkylation sites (N-methyl/N-ethyl adjacent to an activating group) is 1. The summed E-state index contributed by atoms with van der Waals surface area (Å²) in [6.07, 6.45) is -5.21. The minimum atomic E-state index is -5.21. The van der Waals surface area contributed by atoms with Crippen LogP contribution in [0.5, 0.6) is 5.75 Å². The molecule has 0 saturated heterocycles. The molecule has 0 aromatic heterocycles. The predicted molar refractivity (Wildman–Crippen MR) is 102 cm³/mol. The Kier molecular flexibility index (Phi) is 5.16. The van der Waals surface area contributed by atoms with Gasteiger partial charge in [-0.25, -0.2) is 9.79 Å². The Bertz CT molecular complexity index is 1040. The summed E-state index contributed by atoms with van der Waals surface area (Å²) in [5.41, 5.74) is 4.61. The van der Waals surface area contributed by atoms with Crippen LogP contribution in [-0.2, 0) is 15.1 Å². The van der Waals surface area contributed by atoms with Gasteiger partial charge in [-0.05, 0) is 30.2 Å². The van der Waals surface area contributed by atoms with E-state index in [-0.39, 0.29) is 17.1 Å². The number of nitrogens with two attached hydrogens (primary N) is 1. The van der Waals surface area contributed by atoms with Gasteiger partial charge in [0.15, 0.2) is 11.5 Å². The van der Waals surface area contributed by atoms with Gasteiger partial charge < -0.3 is 10.5 Å². The number of hydrogen-bond acceptors (Lipinski definition) is 5. The summed E-state index contributed by atoms with van der Waals surface area (Å²) in [4.78, 5) is 30.2. The molecule has 1 aliphatic heterocycles. The van der Waals surface area contributed by atoms with Crippen molar-refractivity contribution in [1.82, 2.24) is 4.90 Å². The van der Waals surface area contributed by atoms with Crippen LogP contribution < -0.4 is 10.5 Å². The molecule has 0 fully saturated rings. The second kappa shape index (κ2) is 7.18. The van der Waals surface area contributed by atoms with Crippen LogP contribution >= 0.6 is 15.9 Å². The highest BCUT2D eigenvalue weighted by molar-refractivity contribution is 9.10. The molecule has 1 aliphatic rings. The summed E-state index contributed by atoms with van der Waals surface area (Å²) in [6.45, 7) is 1.47. The zero-order valence-corrected chi connectivity index (χ0v) is 16.8. The highest BCUT2D eigenvalue weighted by atomic mass is 79.9. The number of carbonyl (C=O) groups is 2. The van der Waals surface area contributed by atoms with E-state index in [4.69, 9.17) is 10.5 Å². The van der Waals surface area contributed by atoms with Crippen molar-refractivity contribution in [2.45, 2.75) is 18.6 Å². The molecule has 0 spiro atoms. The van der Waals surface area contributed by atoms with Crippen LogP contribution in [0.1, 0.15) is 16.7 Å². The number of carbonyl (C=O) groups excluding carboxylic acids is 2. The first-order valence-electron chi connectivity index (χ1n) is 8.27. The normalized spacial score (nSPS) is 19.3. The summed E-state index contributed by atoms with van der Waals surface area (Å²) in [5, 5.41) is 0. The predicted octanol–water partition coefficient (Wildman–Crippen LogP) is 3.26. The number of alkyl halides is 3. The summed E-state index contributed by atoms with van der Waals surface area (Å²) in [5.74, 6) is -3.50. The maximum absolute atomic E-state index is 13.2. The number of hydrogen-bond donors (Lipinski definition) is 1. The average molecular weight is 470 g/mol. The van der Waals surface area contributed by atoms with Crippen molar-refractivity contribution < 1.29 is 27.5 Å². The molecule has 1 heterocycles. The van der Waals surface area contributed by atoms with E-state index in [9.17, 15) is 22.8 Å². The number of guanidine groups is 1. The van der Waals surface area contributed by atoms with Gasteiger partial charge in [-0.2, -0.15) is 13.2 Å². The highest BCUT2D eigenvalue weighted by Crippen LogP contribution is 2.45. The summed E-state index contributed by atoms with van der Waals surface area (Å²) >= 11 is 3.32. The van der Waals surface area contributed by atoms with Crippen molar-refractivity contribution in [3.8, 4) is 5.75 Å². The minimum absolute atomic E-state index is 0.0227. The van der Waals surface area contributed by atoms with Crippen molar-refractivity contribution >= 4 is 33.8 Å². The Labute approximate surface area is 172 Å². The maximum Gasteiger partial charge on any atom is 0.491 e. The van der Waals surface area contributed by atoms with Crippen molar-refractivity contribution in [2.75, 3.05) is 7.05 Å². The van der Waals surface area contributed by atoms with Gasteiger partial charge in [0, 0.05) is 17.1 Å². The van der Waals surface area contributed by atoms with Gasteiger partial charge >= 0.3 is 12.1 Å². The molecule has 1 unspecified atom stereocenters. The summed E-state index contributed by atoms with van der Waals surface area (Å²) < 4.78 is 43.8. The van der Waals surface area contributed by atoms with Crippen molar-refractivity contribution in [1.29, 1.82) is 0 Å². The van der Waals surface area contributed by atoms with E-state index in [0.29, 0.717) is 10.0 Å². The van der Waals surface area contributed by atoms with Crippen LogP contribution in [0.2, 0.25) is 0 Å². The van der Waals surface area contributed by atoms with Gasteiger partial charge in [-0.3, -0.25) is 9.69 Å². The third kappa shape index (κ3) is 3.48. The lowest BCUT2D eigenvalue weighted by Gasteiger charge is -2.28. The SMILES string of the molecule is Cc1cccc(C2(c3cccc(Br)c3)N=C(N)N(C)C2=O)c1OC(=O)C(F)(F)F. The largest absolute Gasteiger partial charge is 0.491 e. The minimum Gasteiger partial charge on any atom is -0.419 e. The molecule has 2 aromatic carbocycles. The van der Waals surface area contributed by atoms with E-state index >= 15 is 0 Å². The first-order chi connectivity index (χ1) is 13.5. The fourth-order valence-corrected chi connectivity index (χ4v) is 3.50. The molecule has 2 aromatic rings. The lowest BCUT2D eigenvalue weighted by molar-refractivity contribution is -0.189. The molecule has 1 atom stereocenters. The molecule has 6 nitrogen and oxygen atoms in total. The van der Waals surface area contributed by atoms with Crippen LogP contribution in [0, 0.1) is 6.92 Å². The Morgan fingerprint density at radius 2 is 1.90 bits per heavy atom. The number of aryl methyl sites for hydroxylation is 1. The second-order valence-electron chi connectivity index (χ2n) is 6.39. The zero-order valence-electron chi connectivity index (χ0n) is 15.2. The first kappa shape index (κ1) is 20.8. The van der Waals surface area contributed by atoms with Gasteiger partial charge in [0.05, 0.1) is 0 Å². The topological polar surface area (TPSA) is 85.0 Å². The number of aliphatic imine (C=N–C) groups is 1. The van der Waals surface area contributed by atoms with E-state index in [1.54, 1.807) is 24.3 Å². The Hall–Kier alpha value is -2.88. The number of amides is 1. The van der Waals surface area contributed by atoms with Crippen LogP contribution in [0.3, 0.4) is 0 Å². The molecule has 29 heavy (non-hydrogen) atoms. The highest BCUT2D eigenvalue weighted by Gasteiger charge is 2.52. The van der Waals surface area contributed by atoms with Gasteiger partial charge in [0.2, 0.25) is 0 Å². The number of benzene rings is 2. The van der Waals surface area contributed by atoms with Gasteiger partial charge in [-0.1, -0.05) is 46.3 Å². The molecular formula is C19H15BrF3N3O3. The lowest BCUT2D eigenvalue weighted by Crippen LogP contribution is -2.41. The van der Waals surface area contributed by atoms with E-state index in [2.05, 4.69) is 20.9 Å². The fraction of sp³-hybridized carbons (Fsp3) is 0.211. The molecule has 10 heteroatoms. The average Bonchev–Trinajstić information content (AvgIpc) is 2.87. The number of ether oxygens (including phenoxy) is 1. The van der Waals surface area contributed by atoms with Crippen LogP contribution in [0.4, 0.5) is 13.2 Å². The quantitative estimate of drug-likeness (QED) is 0.552. The molecule has 1 amide bonds. The Balaban J connectivity index is 2.31. The summed E-state index contributed by atoms with van der Waals surface area (Å²) in [6, 6.07) is 11.0. The second-order valence-corrected chi connectivity index (χ2v) is 7.31. The van der Waals surface area contributed by atoms with Crippen molar-refractivity contribution in [3.63, 3.8) is 0 Å². The number of esters is 1. The van der Waals surface area contributed by atoms with Crippen LogP contribution in [0.25, 0.3) is 0 Å².